The number of rotatable bonds is 3. The van der Waals surface area contributed by atoms with Crippen LogP contribution in [0.4, 0.5) is 0 Å². The topological polar surface area (TPSA) is 34.5 Å². The third-order valence-corrected chi connectivity index (χ3v) is 3.01. The highest BCUT2D eigenvalue weighted by Gasteiger charge is 2.11. The number of nitrogens with zero attached hydrogens (tertiary/aromatic N) is 2. The number of hydrogen-bond acceptors (Lipinski definition) is 3. The van der Waals surface area contributed by atoms with E-state index in [9.17, 15) is 4.79 Å². The average molecular weight is 222 g/mol. The van der Waals surface area contributed by atoms with E-state index in [1.165, 1.54) is 26.4 Å². The Morgan fingerprint density at radius 3 is 2.75 bits per heavy atom. The molecule has 0 radical (unpaired) electrons. The van der Waals surface area contributed by atoms with Crippen LogP contribution in [-0.4, -0.2) is 29.7 Å². The zero-order valence-electron chi connectivity index (χ0n) is 9.69. The van der Waals surface area contributed by atoms with E-state index in [1.807, 2.05) is 12.3 Å². The SMILES string of the molecule is COc1cccn(CN2CCCCC2)c1=O. The zero-order valence-corrected chi connectivity index (χ0v) is 9.69. The first-order valence-electron chi connectivity index (χ1n) is 5.77. The van der Waals surface area contributed by atoms with Crippen LogP contribution in [-0.2, 0) is 6.67 Å². The van der Waals surface area contributed by atoms with Gasteiger partial charge in [0.05, 0.1) is 13.8 Å². The van der Waals surface area contributed by atoms with Gasteiger partial charge >= 0.3 is 0 Å². The summed E-state index contributed by atoms with van der Waals surface area (Å²) in [5.74, 6) is 0.416. The molecule has 1 aromatic heterocycles. The molecular weight excluding hydrogens is 204 g/mol. The molecule has 2 heterocycles. The normalized spacial score (nSPS) is 17.3. The number of pyridine rings is 1. The number of likely N-dealkylation sites (tertiary alicyclic amines) is 1. The molecule has 0 atom stereocenters. The van der Waals surface area contributed by atoms with Gasteiger partial charge in [-0.25, -0.2) is 0 Å². The number of methoxy groups -OCH3 is 1. The molecule has 0 spiro atoms. The van der Waals surface area contributed by atoms with Crippen LogP contribution in [0.5, 0.6) is 5.75 Å². The number of aromatic nitrogens is 1. The summed E-state index contributed by atoms with van der Waals surface area (Å²) in [5, 5.41) is 0. The van der Waals surface area contributed by atoms with E-state index < -0.39 is 0 Å². The van der Waals surface area contributed by atoms with E-state index >= 15 is 0 Å². The smallest absolute Gasteiger partial charge is 0.293 e. The molecule has 2 rings (SSSR count). The highest BCUT2D eigenvalue weighted by Crippen LogP contribution is 2.09. The van der Waals surface area contributed by atoms with Crippen LogP contribution in [0, 0.1) is 0 Å². The molecule has 88 valence electrons. The molecule has 0 bridgehead atoms. The third-order valence-electron chi connectivity index (χ3n) is 3.01. The first kappa shape index (κ1) is 11.2. The Morgan fingerprint density at radius 1 is 1.31 bits per heavy atom. The van der Waals surface area contributed by atoms with Gasteiger partial charge in [-0.15, -0.1) is 0 Å². The third kappa shape index (κ3) is 2.44. The quantitative estimate of drug-likeness (QED) is 0.773. The number of piperidine rings is 1. The van der Waals surface area contributed by atoms with Crippen molar-refractivity contribution in [3.8, 4) is 5.75 Å². The largest absolute Gasteiger partial charge is 0.491 e. The standard InChI is InChI=1S/C12H18N2O2/c1-16-11-6-5-9-14(12(11)15)10-13-7-3-2-4-8-13/h5-6,9H,2-4,7-8,10H2,1H3. The molecule has 0 N–H and O–H groups in total. The van der Waals surface area contributed by atoms with Crippen LogP contribution in [0.25, 0.3) is 0 Å². The van der Waals surface area contributed by atoms with E-state index in [-0.39, 0.29) is 5.56 Å². The molecule has 1 saturated heterocycles. The highest BCUT2D eigenvalue weighted by atomic mass is 16.5. The van der Waals surface area contributed by atoms with Gasteiger partial charge in [0.1, 0.15) is 0 Å². The van der Waals surface area contributed by atoms with Crippen LogP contribution >= 0.6 is 0 Å². The molecule has 16 heavy (non-hydrogen) atoms. The van der Waals surface area contributed by atoms with Crippen LogP contribution in [0.3, 0.4) is 0 Å². The first-order valence-corrected chi connectivity index (χ1v) is 5.77. The maximum Gasteiger partial charge on any atom is 0.293 e. The predicted octanol–water partition coefficient (Wildman–Crippen LogP) is 1.30. The molecule has 0 amide bonds. The minimum atomic E-state index is -0.0458. The fourth-order valence-electron chi connectivity index (χ4n) is 2.10. The van der Waals surface area contributed by atoms with Crippen molar-refractivity contribution in [2.75, 3.05) is 20.2 Å². The second-order valence-corrected chi connectivity index (χ2v) is 4.17. The highest BCUT2D eigenvalue weighted by molar-refractivity contribution is 5.16. The Labute approximate surface area is 95.4 Å². The maximum atomic E-state index is 11.9. The lowest BCUT2D eigenvalue weighted by Crippen LogP contribution is -2.35. The lowest BCUT2D eigenvalue weighted by molar-refractivity contribution is 0.178. The summed E-state index contributed by atoms with van der Waals surface area (Å²) in [5.41, 5.74) is -0.0458. The molecule has 1 aromatic rings. The van der Waals surface area contributed by atoms with Crippen LogP contribution < -0.4 is 10.3 Å². The van der Waals surface area contributed by atoms with Crippen molar-refractivity contribution >= 4 is 0 Å². The average Bonchev–Trinajstić information content (AvgIpc) is 2.33. The van der Waals surface area contributed by atoms with Crippen molar-refractivity contribution in [3.63, 3.8) is 0 Å². The maximum absolute atomic E-state index is 11.9. The lowest BCUT2D eigenvalue weighted by Gasteiger charge is -2.26. The Bertz CT molecular complexity index is 394. The molecular formula is C12H18N2O2. The van der Waals surface area contributed by atoms with Gasteiger partial charge in [-0.3, -0.25) is 14.3 Å². The molecule has 4 nitrogen and oxygen atoms in total. The summed E-state index contributed by atoms with van der Waals surface area (Å²) in [7, 11) is 1.53. The summed E-state index contributed by atoms with van der Waals surface area (Å²) in [4.78, 5) is 14.2. The van der Waals surface area contributed by atoms with Crippen molar-refractivity contribution in [2.45, 2.75) is 25.9 Å². The minimum absolute atomic E-state index is 0.0458. The number of hydrogen-bond donors (Lipinski definition) is 0. The Kier molecular flexibility index (Phi) is 3.62. The molecule has 1 fully saturated rings. The van der Waals surface area contributed by atoms with E-state index in [4.69, 9.17) is 4.74 Å². The Balaban J connectivity index is 2.11. The summed E-state index contributed by atoms with van der Waals surface area (Å²) in [6, 6.07) is 3.55. The molecule has 0 unspecified atom stereocenters. The van der Waals surface area contributed by atoms with Gasteiger partial charge in [0.15, 0.2) is 5.75 Å². The Hall–Kier alpha value is -1.29. The second-order valence-electron chi connectivity index (χ2n) is 4.17. The summed E-state index contributed by atoms with van der Waals surface area (Å²) >= 11 is 0. The molecule has 0 aliphatic carbocycles. The van der Waals surface area contributed by atoms with E-state index in [1.54, 1.807) is 10.6 Å². The van der Waals surface area contributed by atoms with Gasteiger partial charge in [-0.05, 0) is 38.1 Å². The van der Waals surface area contributed by atoms with E-state index in [2.05, 4.69) is 4.90 Å². The van der Waals surface area contributed by atoms with Crippen molar-refractivity contribution in [2.24, 2.45) is 0 Å². The number of ether oxygens (including phenoxy) is 1. The van der Waals surface area contributed by atoms with Gasteiger partial charge in [-0.1, -0.05) is 6.42 Å². The first-order chi connectivity index (χ1) is 7.81. The molecule has 1 aliphatic heterocycles. The summed E-state index contributed by atoms with van der Waals surface area (Å²) < 4.78 is 6.74. The van der Waals surface area contributed by atoms with E-state index in [0.29, 0.717) is 12.4 Å². The monoisotopic (exact) mass is 222 g/mol. The minimum Gasteiger partial charge on any atom is -0.491 e. The van der Waals surface area contributed by atoms with Crippen molar-refractivity contribution in [1.82, 2.24) is 9.47 Å². The van der Waals surface area contributed by atoms with Gasteiger partial charge in [0, 0.05) is 6.20 Å². The Morgan fingerprint density at radius 2 is 2.06 bits per heavy atom. The van der Waals surface area contributed by atoms with Gasteiger partial charge < -0.3 is 4.74 Å². The van der Waals surface area contributed by atoms with Crippen molar-refractivity contribution in [1.29, 1.82) is 0 Å². The van der Waals surface area contributed by atoms with Gasteiger partial charge in [0.25, 0.3) is 5.56 Å². The fraction of sp³-hybridized carbons (Fsp3) is 0.583. The summed E-state index contributed by atoms with van der Waals surface area (Å²) in [6.07, 6.45) is 5.60. The molecule has 0 aromatic carbocycles. The van der Waals surface area contributed by atoms with Crippen molar-refractivity contribution in [3.05, 3.63) is 28.7 Å². The summed E-state index contributed by atoms with van der Waals surface area (Å²) in [6.45, 7) is 2.85. The van der Waals surface area contributed by atoms with Gasteiger partial charge in [0.2, 0.25) is 0 Å². The molecule has 0 saturated carbocycles. The predicted molar refractivity (Wildman–Crippen MR) is 62.7 cm³/mol. The van der Waals surface area contributed by atoms with E-state index in [0.717, 1.165) is 13.1 Å². The van der Waals surface area contributed by atoms with Gasteiger partial charge in [-0.2, -0.15) is 0 Å². The lowest BCUT2D eigenvalue weighted by atomic mass is 10.1. The van der Waals surface area contributed by atoms with Crippen LogP contribution in [0.15, 0.2) is 23.1 Å². The van der Waals surface area contributed by atoms with Crippen LogP contribution in [0.1, 0.15) is 19.3 Å². The molecule has 4 heteroatoms. The fourth-order valence-corrected chi connectivity index (χ4v) is 2.10. The second kappa shape index (κ2) is 5.16. The van der Waals surface area contributed by atoms with Crippen LogP contribution in [0.2, 0.25) is 0 Å². The van der Waals surface area contributed by atoms with Crippen molar-refractivity contribution < 1.29 is 4.74 Å². The zero-order chi connectivity index (χ0) is 11.4. The molecule has 1 aliphatic rings.